The van der Waals surface area contributed by atoms with Crippen molar-refractivity contribution >= 4 is 57.3 Å². The molecule has 0 radical (unpaired) electrons. The summed E-state index contributed by atoms with van der Waals surface area (Å²) in [7, 11) is 3.14. The number of aromatic nitrogens is 1. The minimum Gasteiger partial charge on any atom is -0.445 e. The number of thiazole rings is 1. The normalized spacial score (nSPS) is 15.9. The maximum absolute atomic E-state index is 14.5. The molecule has 5 rings (SSSR count). The summed E-state index contributed by atoms with van der Waals surface area (Å²) in [5, 5.41) is 9.39. The van der Waals surface area contributed by atoms with Crippen LogP contribution in [0.1, 0.15) is 78.2 Å². The van der Waals surface area contributed by atoms with E-state index in [2.05, 4.69) is 20.9 Å². The number of rotatable bonds is 25. The number of benzene rings is 2. The average Bonchev–Trinajstić information content (AvgIpc) is 4.01. The number of carbonyl (C=O) groups excluding carboxylic acids is 6. The van der Waals surface area contributed by atoms with Gasteiger partial charge in [-0.3, -0.25) is 29.4 Å². The largest absolute Gasteiger partial charge is 0.445 e. The maximum Gasteiger partial charge on any atom is 0.410 e. The number of anilines is 2. The molecule has 1 saturated heterocycles. The molecule has 3 N–H and O–H groups in total. The van der Waals surface area contributed by atoms with Crippen LogP contribution in [0.25, 0.3) is 11.3 Å². The summed E-state index contributed by atoms with van der Waals surface area (Å²) < 4.78 is 32.9. The zero-order valence-electron chi connectivity index (χ0n) is 41.4. The number of hydrogen-bond acceptors (Lipinski definition) is 14. The molecule has 2 aliphatic rings. The molecule has 0 bridgehead atoms. The summed E-state index contributed by atoms with van der Waals surface area (Å²) in [6.07, 6.45) is 4.31. The first kappa shape index (κ1) is 55.3. The predicted molar refractivity (Wildman–Crippen MR) is 264 cm³/mol. The number of likely N-dealkylation sites (tertiary alicyclic amines) is 1. The van der Waals surface area contributed by atoms with Gasteiger partial charge in [0.2, 0.25) is 17.7 Å². The first-order valence-electron chi connectivity index (χ1n) is 24.1. The van der Waals surface area contributed by atoms with Crippen molar-refractivity contribution in [1.82, 2.24) is 25.0 Å². The Balaban J connectivity index is 1.05. The first-order valence-corrected chi connectivity index (χ1v) is 24.9. The van der Waals surface area contributed by atoms with Gasteiger partial charge < -0.3 is 48.9 Å². The number of likely N-dealkylation sites (N-methyl/N-ethyl adjacent to an activating group) is 2. The van der Waals surface area contributed by atoms with Gasteiger partial charge in [-0.05, 0) is 64.9 Å². The molecule has 384 valence electrons. The van der Waals surface area contributed by atoms with Crippen molar-refractivity contribution in [2.24, 2.45) is 5.92 Å². The van der Waals surface area contributed by atoms with Crippen LogP contribution < -0.4 is 16.0 Å². The highest BCUT2D eigenvalue weighted by Crippen LogP contribution is 2.37. The van der Waals surface area contributed by atoms with Gasteiger partial charge in [0, 0.05) is 32.7 Å². The Kier molecular flexibility index (Phi) is 22.3. The molecule has 1 unspecified atom stereocenters. The van der Waals surface area contributed by atoms with Crippen LogP contribution in [0.2, 0.25) is 0 Å². The molecule has 6 amide bonds. The summed E-state index contributed by atoms with van der Waals surface area (Å²) in [6, 6.07) is 16.1. The smallest absolute Gasteiger partial charge is 0.410 e. The van der Waals surface area contributed by atoms with E-state index in [1.165, 1.54) is 16.8 Å². The molecular weight excluding hydrogens is 923 g/mol. The SMILES string of the molecule is C[C@@H](C(=O)N[C@H](C(=O)N1CCCC1C(=O)Nc1sc(NC(=O)COCCOCCOCCOCCN(C)C(=O)OCc2ccccc2)nc1-c1ccccc1)C1CCCCC1)N(C)C(=O)OC(C)(C)C. The van der Waals surface area contributed by atoms with Gasteiger partial charge in [0.05, 0.1) is 46.2 Å². The lowest BCUT2D eigenvalue weighted by atomic mass is 9.83. The van der Waals surface area contributed by atoms with Gasteiger partial charge in [-0.25, -0.2) is 14.6 Å². The fourth-order valence-electron chi connectivity index (χ4n) is 7.82. The Morgan fingerprint density at radius 2 is 1.39 bits per heavy atom. The van der Waals surface area contributed by atoms with Gasteiger partial charge in [-0.2, -0.15) is 0 Å². The van der Waals surface area contributed by atoms with Crippen molar-refractivity contribution in [1.29, 1.82) is 0 Å². The van der Waals surface area contributed by atoms with E-state index in [1.807, 2.05) is 60.7 Å². The van der Waals surface area contributed by atoms with E-state index in [4.69, 9.17) is 28.4 Å². The topological polar surface area (TPSA) is 216 Å². The molecule has 0 spiro atoms. The molecule has 1 aliphatic heterocycles. The fourth-order valence-corrected chi connectivity index (χ4v) is 8.73. The number of hydrogen-bond donors (Lipinski definition) is 3. The average molecular weight is 994 g/mol. The number of nitrogens with zero attached hydrogens (tertiary/aromatic N) is 4. The van der Waals surface area contributed by atoms with Crippen LogP contribution in [0.4, 0.5) is 19.7 Å². The lowest BCUT2D eigenvalue weighted by Gasteiger charge is -2.36. The monoisotopic (exact) mass is 993 g/mol. The lowest BCUT2D eigenvalue weighted by Crippen LogP contribution is -2.58. The summed E-state index contributed by atoms with van der Waals surface area (Å²) in [6.45, 7) is 9.61. The summed E-state index contributed by atoms with van der Waals surface area (Å²) in [5.74, 6) is -1.79. The van der Waals surface area contributed by atoms with Crippen LogP contribution in [0.5, 0.6) is 0 Å². The van der Waals surface area contributed by atoms with Crippen molar-refractivity contribution in [2.75, 3.05) is 90.7 Å². The molecular formula is C50H71N7O12S. The van der Waals surface area contributed by atoms with Crippen molar-refractivity contribution in [3.63, 3.8) is 0 Å². The van der Waals surface area contributed by atoms with Crippen LogP contribution in [-0.2, 0) is 54.2 Å². The molecule has 1 aromatic heterocycles. The second-order valence-corrected chi connectivity index (χ2v) is 19.3. The van der Waals surface area contributed by atoms with Crippen LogP contribution in [-0.4, -0.2) is 159 Å². The zero-order chi connectivity index (χ0) is 50.5. The molecule has 2 fully saturated rings. The molecule has 3 atom stereocenters. The van der Waals surface area contributed by atoms with E-state index in [9.17, 15) is 28.8 Å². The third kappa shape index (κ3) is 17.9. The maximum atomic E-state index is 14.5. The van der Waals surface area contributed by atoms with Gasteiger partial charge in [-0.1, -0.05) is 91.3 Å². The Hall–Kier alpha value is -5.67. The van der Waals surface area contributed by atoms with Crippen molar-refractivity contribution in [3.8, 4) is 11.3 Å². The predicted octanol–water partition coefficient (Wildman–Crippen LogP) is 6.33. The Bertz CT molecular complexity index is 2130. The zero-order valence-corrected chi connectivity index (χ0v) is 42.2. The van der Waals surface area contributed by atoms with E-state index in [0.29, 0.717) is 75.2 Å². The highest BCUT2D eigenvalue weighted by Gasteiger charge is 2.42. The molecule has 70 heavy (non-hydrogen) atoms. The van der Waals surface area contributed by atoms with E-state index in [0.717, 1.165) is 49.0 Å². The van der Waals surface area contributed by atoms with Crippen LogP contribution >= 0.6 is 11.3 Å². The van der Waals surface area contributed by atoms with E-state index >= 15 is 0 Å². The third-order valence-corrected chi connectivity index (χ3v) is 12.6. The third-order valence-electron chi connectivity index (χ3n) is 11.8. The number of nitrogens with one attached hydrogen (secondary N) is 3. The van der Waals surface area contributed by atoms with Crippen molar-refractivity contribution in [3.05, 3.63) is 66.2 Å². The fraction of sp³-hybridized carbons (Fsp3) is 0.580. The molecule has 3 aromatic rings. The number of carbonyl (C=O) groups is 6. The molecule has 2 heterocycles. The minimum absolute atomic E-state index is 0.128. The second-order valence-electron chi connectivity index (χ2n) is 18.3. The van der Waals surface area contributed by atoms with Crippen LogP contribution in [0.15, 0.2) is 60.7 Å². The van der Waals surface area contributed by atoms with Gasteiger partial charge in [-0.15, -0.1) is 0 Å². The molecule has 19 nitrogen and oxygen atoms in total. The quantitative estimate of drug-likeness (QED) is 0.0792. The Morgan fingerprint density at radius 1 is 0.771 bits per heavy atom. The number of amides is 6. The second kappa shape index (κ2) is 28.2. The van der Waals surface area contributed by atoms with Crippen LogP contribution in [0.3, 0.4) is 0 Å². The van der Waals surface area contributed by atoms with Crippen molar-refractivity contribution in [2.45, 2.75) is 103 Å². The Labute approximate surface area is 415 Å². The first-order chi connectivity index (χ1) is 33.6. The van der Waals surface area contributed by atoms with Gasteiger partial charge in [0.1, 0.15) is 47.6 Å². The van der Waals surface area contributed by atoms with Crippen molar-refractivity contribution < 1.29 is 57.2 Å². The Morgan fingerprint density at radius 3 is 2.03 bits per heavy atom. The minimum atomic E-state index is -0.920. The van der Waals surface area contributed by atoms with Crippen LogP contribution in [0, 0.1) is 5.92 Å². The standard InChI is InChI=1S/C50H71N7O12S/c1-35(56(6)49(63)69-50(2,3)4)43(59)52-42(38-21-14-9-15-22-38)46(61)57-24-16-23-39(57)44(60)54-45-41(37-19-12-8-13-20-37)53-47(70-45)51-40(58)34-67-32-31-66-30-29-65-28-27-64-26-25-55(5)48(62)68-33-36-17-10-7-11-18-36/h7-8,10-13,17-20,35,38-39,42H,9,14-16,21-34H2,1-6H3,(H,52,59)(H,54,60)(H,51,53,58)/t35-,39?,42-/m0/s1. The van der Waals surface area contributed by atoms with E-state index in [1.54, 1.807) is 39.6 Å². The molecule has 2 aromatic carbocycles. The molecule has 1 aliphatic carbocycles. The lowest BCUT2D eigenvalue weighted by molar-refractivity contribution is -0.142. The molecule has 20 heteroatoms. The summed E-state index contributed by atoms with van der Waals surface area (Å²) >= 11 is 1.09. The highest BCUT2D eigenvalue weighted by atomic mass is 32.1. The van der Waals surface area contributed by atoms with Gasteiger partial charge >= 0.3 is 12.2 Å². The summed E-state index contributed by atoms with van der Waals surface area (Å²) in [4.78, 5) is 89.1. The van der Waals surface area contributed by atoms with Gasteiger partial charge in [0.25, 0.3) is 5.91 Å². The number of ether oxygens (including phenoxy) is 6. The molecule has 1 saturated carbocycles. The van der Waals surface area contributed by atoms with E-state index in [-0.39, 0.29) is 43.4 Å². The van der Waals surface area contributed by atoms with Gasteiger partial charge in [0.15, 0.2) is 5.13 Å². The van der Waals surface area contributed by atoms with E-state index < -0.39 is 53.6 Å². The summed E-state index contributed by atoms with van der Waals surface area (Å²) in [5.41, 5.74) is 1.33. The highest BCUT2D eigenvalue weighted by molar-refractivity contribution is 7.20.